The Labute approximate surface area is 78.7 Å². The summed E-state index contributed by atoms with van der Waals surface area (Å²) in [5.74, 6) is 5.03. The van der Waals surface area contributed by atoms with E-state index in [0.717, 1.165) is 0 Å². The highest BCUT2D eigenvalue weighted by Crippen LogP contribution is 2.19. The first-order chi connectivity index (χ1) is 6.79. The molecule has 0 radical (unpaired) electrons. The van der Waals surface area contributed by atoms with Gasteiger partial charge in [0, 0.05) is 5.56 Å². The number of rotatable bonds is 2. The second-order valence-corrected chi connectivity index (χ2v) is 2.56. The van der Waals surface area contributed by atoms with E-state index in [0.29, 0.717) is 5.56 Å². The Morgan fingerprint density at radius 2 is 1.93 bits per heavy atom. The predicted molar refractivity (Wildman–Crippen MR) is 47.5 cm³/mol. The predicted octanol–water partition coefficient (Wildman–Crippen LogP) is 1.16. The molecule has 5 nitrogen and oxygen atoms in total. The van der Waals surface area contributed by atoms with Crippen molar-refractivity contribution in [3.8, 4) is 11.5 Å². The number of hydrogen-bond acceptors (Lipinski definition) is 5. The van der Waals surface area contributed by atoms with Crippen molar-refractivity contribution in [1.82, 2.24) is 10.2 Å². The summed E-state index contributed by atoms with van der Waals surface area (Å²) in [7, 11) is 0. The fraction of sp³-hybridized carbons (Fsp3) is 0. The molecule has 6 heteroatoms. The molecule has 0 fully saturated rings. The lowest BCUT2D eigenvalue weighted by Gasteiger charge is -1.93. The van der Waals surface area contributed by atoms with E-state index in [1.807, 2.05) is 0 Å². The minimum Gasteiger partial charge on any atom is -0.402 e. The Morgan fingerprint density at radius 3 is 2.50 bits per heavy atom. The first-order valence-electron chi connectivity index (χ1n) is 3.85. The Morgan fingerprint density at radius 1 is 1.21 bits per heavy atom. The minimum absolute atomic E-state index is 0.115. The number of nitrogens with zero attached hydrogens (tertiary/aromatic N) is 2. The molecule has 0 bridgehead atoms. The van der Waals surface area contributed by atoms with Gasteiger partial charge in [-0.1, -0.05) is 5.10 Å². The van der Waals surface area contributed by atoms with Crippen molar-refractivity contribution in [3.63, 3.8) is 0 Å². The van der Waals surface area contributed by atoms with Gasteiger partial charge in [0.1, 0.15) is 5.82 Å². The van der Waals surface area contributed by atoms with E-state index in [1.54, 1.807) is 12.1 Å². The van der Waals surface area contributed by atoms with Crippen molar-refractivity contribution >= 4 is 6.01 Å². The van der Waals surface area contributed by atoms with Crippen molar-refractivity contribution in [2.24, 2.45) is 5.84 Å². The maximum absolute atomic E-state index is 12.6. The van der Waals surface area contributed by atoms with Crippen LogP contribution in [0.1, 0.15) is 0 Å². The molecular formula is C8H7FN4O. The van der Waals surface area contributed by atoms with Gasteiger partial charge >= 0.3 is 6.01 Å². The molecule has 0 unspecified atom stereocenters. The molecule has 0 saturated heterocycles. The monoisotopic (exact) mass is 194 g/mol. The topological polar surface area (TPSA) is 77.0 Å². The smallest absolute Gasteiger partial charge is 0.330 e. The molecule has 2 aromatic rings. The standard InChI is InChI=1S/C8H7FN4O/c9-6-3-1-5(2-4-6)7-12-13-8(11-10)14-7/h1-4H,10H2,(H,11,13). The molecule has 1 heterocycles. The SMILES string of the molecule is NNc1nnc(-c2ccc(F)cc2)o1. The average molecular weight is 194 g/mol. The number of nitrogens with one attached hydrogen (secondary N) is 1. The molecule has 0 aliphatic rings. The molecule has 3 N–H and O–H groups in total. The summed E-state index contributed by atoms with van der Waals surface area (Å²) < 4.78 is 17.7. The molecule has 0 aliphatic carbocycles. The van der Waals surface area contributed by atoms with Gasteiger partial charge in [0.2, 0.25) is 5.89 Å². The third-order valence-electron chi connectivity index (χ3n) is 1.64. The number of nitrogens with two attached hydrogens (primary N) is 1. The maximum Gasteiger partial charge on any atom is 0.330 e. The highest BCUT2D eigenvalue weighted by Gasteiger charge is 2.06. The van der Waals surface area contributed by atoms with Crippen LogP contribution >= 0.6 is 0 Å². The molecule has 0 aliphatic heterocycles. The number of anilines is 1. The van der Waals surface area contributed by atoms with Crippen LogP contribution in [0.4, 0.5) is 10.4 Å². The first kappa shape index (κ1) is 8.64. The molecule has 1 aromatic carbocycles. The minimum atomic E-state index is -0.314. The Bertz CT molecular complexity index is 425. The van der Waals surface area contributed by atoms with Gasteiger partial charge < -0.3 is 4.42 Å². The summed E-state index contributed by atoms with van der Waals surface area (Å²) in [6.07, 6.45) is 0. The number of aromatic nitrogens is 2. The zero-order chi connectivity index (χ0) is 9.97. The van der Waals surface area contributed by atoms with E-state index in [4.69, 9.17) is 10.3 Å². The summed E-state index contributed by atoms with van der Waals surface area (Å²) in [5, 5.41) is 7.29. The van der Waals surface area contributed by atoms with Gasteiger partial charge in [-0.25, -0.2) is 10.2 Å². The lowest BCUT2D eigenvalue weighted by Crippen LogP contribution is -2.06. The first-order valence-corrected chi connectivity index (χ1v) is 3.85. The summed E-state index contributed by atoms with van der Waals surface area (Å²) >= 11 is 0. The molecule has 0 amide bonds. The second kappa shape index (κ2) is 3.43. The fourth-order valence-corrected chi connectivity index (χ4v) is 0.991. The molecule has 0 spiro atoms. The van der Waals surface area contributed by atoms with Gasteiger partial charge in [0.25, 0.3) is 0 Å². The van der Waals surface area contributed by atoms with Crippen molar-refractivity contribution in [2.75, 3.05) is 5.43 Å². The van der Waals surface area contributed by atoms with Crippen LogP contribution in [-0.2, 0) is 0 Å². The third kappa shape index (κ3) is 1.55. The molecule has 0 saturated carbocycles. The zero-order valence-corrected chi connectivity index (χ0v) is 7.07. The van der Waals surface area contributed by atoms with Gasteiger partial charge in [0.05, 0.1) is 0 Å². The van der Waals surface area contributed by atoms with Crippen LogP contribution in [-0.4, -0.2) is 10.2 Å². The van der Waals surface area contributed by atoms with Crippen LogP contribution < -0.4 is 11.3 Å². The molecule has 1 aromatic heterocycles. The van der Waals surface area contributed by atoms with Crippen LogP contribution in [0, 0.1) is 5.82 Å². The van der Waals surface area contributed by atoms with Crippen molar-refractivity contribution in [2.45, 2.75) is 0 Å². The summed E-state index contributed by atoms with van der Waals surface area (Å²) in [5.41, 5.74) is 2.85. The number of hydrazine groups is 1. The second-order valence-electron chi connectivity index (χ2n) is 2.56. The van der Waals surface area contributed by atoms with Crippen molar-refractivity contribution < 1.29 is 8.81 Å². The summed E-state index contributed by atoms with van der Waals surface area (Å²) in [4.78, 5) is 0. The van der Waals surface area contributed by atoms with Crippen LogP contribution in [0.3, 0.4) is 0 Å². The number of hydrogen-bond donors (Lipinski definition) is 2. The molecule has 14 heavy (non-hydrogen) atoms. The molecule has 0 atom stereocenters. The van der Waals surface area contributed by atoms with E-state index in [9.17, 15) is 4.39 Å². The average Bonchev–Trinajstić information content (AvgIpc) is 2.67. The van der Waals surface area contributed by atoms with Gasteiger partial charge in [-0.05, 0) is 24.3 Å². The molecule has 2 rings (SSSR count). The van der Waals surface area contributed by atoms with Gasteiger partial charge in [-0.15, -0.1) is 5.10 Å². The van der Waals surface area contributed by atoms with Crippen LogP contribution in [0.2, 0.25) is 0 Å². The Hall–Kier alpha value is -1.95. The van der Waals surface area contributed by atoms with Crippen LogP contribution in [0.25, 0.3) is 11.5 Å². The zero-order valence-electron chi connectivity index (χ0n) is 7.07. The lowest BCUT2D eigenvalue weighted by atomic mass is 10.2. The molecular weight excluding hydrogens is 187 g/mol. The van der Waals surface area contributed by atoms with Crippen LogP contribution in [0.15, 0.2) is 28.7 Å². The van der Waals surface area contributed by atoms with Gasteiger partial charge in [0.15, 0.2) is 0 Å². The van der Waals surface area contributed by atoms with Crippen molar-refractivity contribution in [1.29, 1.82) is 0 Å². The van der Waals surface area contributed by atoms with Crippen molar-refractivity contribution in [3.05, 3.63) is 30.1 Å². The largest absolute Gasteiger partial charge is 0.402 e. The fourth-order valence-electron chi connectivity index (χ4n) is 0.991. The van der Waals surface area contributed by atoms with E-state index in [-0.39, 0.29) is 17.7 Å². The van der Waals surface area contributed by atoms with E-state index in [1.165, 1.54) is 12.1 Å². The summed E-state index contributed by atoms with van der Waals surface area (Å²) in [6.45, 7) is 0. The number of halogens is 1. The van der Waals surface area contributed by atoms with Gasteiger partial charge in [-0.2, -0.15) is 0 Å². The Balaban J connectivity index is 2.34. The third-order valence-corrected chi connectivity index (χ3v) is 1.64. The highest BCUT2D eigenvalue weighted by atomic mass is 19.1. The Kier molecular flexibility index (Phi) is 2.11. The highest BCUT2D eigenvalue weighted by molar-refractivity contribution is 5.52. The maximum atomic E-state index is 12.6. The molecule has 72 valence electrons. The van der Waals surface area contributed by atoms with E-state index >= 15 is 0 Å². The van der Waals surface area contributed by atoms with E-state index < -0.39 is 0 Å². The number of nitrogen functional groups attached to an aromatic ring is 1. The quantitative estimate of drug-likeness (QED) is 0.554. The normalized spacial score (nSPS) is 10.1. The van der Waals surface area contributed by atoms with Crippen LogP contribution in [0.5, 0.6) is 0 Å². The lowest BCUT2D eigenvalue weighted by molar-refractivity contribution is 0.582. The number of benzene rings is 1. The summed E-state index contributed by atoms with van der Waals surface area (Å²) in [6, 6.07) is 5.83. The van der Waals surface area contributed by atoms with Gasteiger partial charge in [-0.3, -0.25) is 5.43 Å². The van der Waals surface area contributed by atoms with E-state index in [2.05, 4.69) is 15.6 Å².